The molecule has 31 heavy (non-hydrogen) atoms. The molecule has 0 radical (unpaired) electrons. The first-order valence-electron chi connectivity index (χ1n) is 9.39. The van der Waals surface area contributed by atoms with Gasteiger partial charge in [0.2, 0.25) is 0 Å². The van der Waals surface area contributed by atoms with Crippen LogP contribution in [0.4, 0.5) is 14.6 Å². The number of fused-ring (bicyclic) bond motifs is 1. The van der Waals surface area contributed by atoms with E-state index in [4.69, 9.17) is 15.2 Å². The zero-order valence-electron chi connectivity index (χ0n) is 16.8. The molecule has 0 aliphatic carbocycles. The van der Waals surface area contributed by atoms with Crippen LogP contribution in [0.25, 0.3) is 10.9 Å². The van der Waals surface area contributed by atoms with E-state index in [2.05, 4.69) is 33.3 Å². The van der Waals surface area contributed by atoms with Crippen molar-refractivity contribution in [2.24, 2.45) is 0 Å². The highest BCUT2D eigenvalue weighted by atomic mass is 19.1. The van der Waals surface area contributed by atoms with E-state index in [1.807, 2.05) is 0 Å². The van der Waals surface area contributed by atoms with Crippen LogP contribution in [0, 0.1) is 34.8 Å². The first kappa shape index (κ1) is 20.4. The van der Waals surface area contributed by atoms with E-state index in [-0.39, 0.29) is 34.6 Å². The van der Waals surface area contributed by atoms with Gasteiger partial charge in [-0.05, 0) is 18.9 Å². The third-order valence-electron chi connectivity index (χ3n) is 5.13. The molecule has 3 aromatic rings. The fraction of sp³-hybridized carbons (Fsp3) is 0.286. The van der Waals surface area contributed by atoms with Crippen molar-refractivity contribution in [2.75, 3.05) is 33.0 Å². The predicted octanol–water partition coefficient (Wildman–Crippen LogP) is 2.11. The summed E-state index contributed by atoms with van der Waals surface area (Å²) in [4.78, 5) is 4.05. The van der Waals surface area contributed by atoms with Crippen molar-refractivity contribution in [3.05, 3.63) is 40.7 Å². The molecule has 10 heteroatoms. The van der Waals surface area contributed by atoms with Gasteiger partial charge < -0.3 is 20.5 Å². The van der Waals surface area contributed by atoms with Crippen molar-refractivity contribution in [3.63, 3.8) is 0 Å². The summed E-state index contributed by atoms with van der Waals surface area (Å²) in [7, 11) is 2.52. The summed E-state index contributed by atoms with van der Waals surface area (Å²) >= 11 is 0. The number of nitrogens with one attached hydrogen (secondary N) is 1. The Labute approximate surface area is 176 Å². The SMILES string of the molecule is COc1cc(OC)c(F)c(C#Cc2nn(C3CCNC3)c3c(C#N)cnc(N)c23)c1F. The van der Waals surface area contributed by atoms with Crippen LogP contribution in [-0.4, -0.2) is 42.1 Å². The van der Waals surface area contributed by atoms with Crippen molar-refractivity contribution in [1.82, 2.24) is 20.1 Å². The molecule has 1 fully saturated rings. The summed E-state index contributed by atoms with van der Waals surface area (Å²) in [5.74, 6) is 2.99. The molecule has 8 nitrogen and oxygen atoms in total. The number of methoxy groups -OCH3 is 2. The van der Waals surface area contributed by atoms with Crippen molar-refractivity contribution in [2.45, 2.75) is 12.5 Å². The Morgan fingerprint density at radius 2 is 1.94 bits per heavy atom. The second-order valence-electron chi connectivity index (χ2n) is 6.87. The Morgan fingerprint density at radius 3 is 2.52 bits per heavy atom. The molecule has 1 atom stereocenters. The molecule has 2 aromatic heterocycles. The van der Waals surface area contributed by atoms with Crippen LogP contribution in [-0.2, 0) is 0 Å². The van der Waals surface area contributed by atoms with Gasteiger partial charge in [0.25, 0.3) is 0 Å². The van der Waals surface area contributed by atoms with Gasteiger partial charge in [-0.25, -0.2) is 13.8 Å². The van der Waals surface area contributed by atoms with Crippen LogP contribution < -0.4 is 20.5 Å². The number of nitriles is 1. The molecule has 0 amide bonds. The minimum absolute atomic E-state index is 0.0164. The number of hydrogen-bond donors (Lipinski definition) is 2. The highest BCUT2D eigenvalue weighted by molar-refractivity contribution is 5.96. The monoisotopic (exact) mass is 424 g/mol. The van der Waals surface area contributed by atoms with Crippen LogP contribution in [0.1, 0.15) is 29.3 Å². The molecule has 4 rings (SSSR count). The maximum absolute atomic E-state index is 14.7. The standard InChI is InChI=1S/C21H18F2N6O2/c1-30-15-7-16(31-2)19(23)13(18(15)22)3-4-14-17-20(11(8-24)9-27-21(17)25)29(28-14)12-5-6-26-10-12/h7,9,12,26H,5-6,10H2,1-2H3,(H2,25,27). The number of nitrogen functional groups attached to an aromatic ring is 1. The van der Waals surface area contributed by atoms with Gasteiger partial charge in [0.15, 0.2) is 23.1 Å². The lowest BCUT2D eigenvalue weighted by Crippen LogP contribution is -2.15. The van der Waals surface area contributed by atoms with E-state index < -0.39 is 17.2 Å². The molecule has 158 valence electrons. The summed E-state index contributed by atoms with van der Waals surface area (Å²) in [6.45, 7) is 1.46. The highest BCUT2D eigenvalue weighted by Crippen LogP contribution is 2.32. The molecule has 3 heterocycles. The lowest BCUT2D eigenvalue weighted by atomic mass is 10.1. The molecule has 0 bridgehead atoms. The molecule has 1 saturated heterocycles. The molecule has 3 N–H and O–H groups in total. The number of nitrogens with zero attached hydrogens (tertiary/aromatic N) is 4. The third kappa shape index (κ3) is 3.37. The van der Waals surface area contributed by atoms with Gasteiger partial charge >= 0.3 is 0 Å². The number of halogens is 2. The van der Waals surface area contributed by atoms with Crippen molar-refractivity contribution >= 4 is 16.7 Å². The highest BCUT2D eigenvalue weighted by Gasteiger charge is 2.25. The number of rotatable bonds is 3. The Hall–Kier alpha value is -3.89. The predicted molar refractivity (Wildman–Crippen MR) is 109 cm³/mol. The van der Waals surface area contributed by atoms with E-state index in [9.17, 15) is 14.0 Å². The average Bonchev–Trinajstić information content (AvgIpc) is 3.43. The van der Waals surface area contributed by atoms with E-state index in [0.29, 0.717) is 17.4 Å². The average molecular weight is 424 g/mol. The van der Waals surface area contributed by atoms with Crippen LogP contribution >= 0.6 is 0 Å². The Morgan fingerprint density at radius 1 is 1.23 bits per heavy atom. The van der Waals surface area contributed by atoms with Crippen molar-refractivity contribution < 1.29 is 18.3 Å². The van der Waals surface area contributed by atoms with E-state index >= 15 is 0 Å². The second-order valence-corrected chi connectivity index (χ2v) is 6.87. The summed E-state index contributed by atoms with van der Waals surface area (Å²) in [5, 5.41) is 17.7. The Bertz CT molecular complexity index is 1250. The molecular weight excluding hydrogens is 406 g/mol. The number of anilines is 1. The van der Waals surface area contributed by atoms with E-state index in [1.165, 1.54) is 20.4 Å². The van der Waals surface area contributed by atoms with Crippen LogP contribution in [0.5, 0.6) is 11.5 Å². The number of pyridine rings is 1. The summed E-state index contributed by atoms with van der Waals surface area (Å²) in [6, 6.07) is 3.18. The molecule has 1 aromatic carbocycles. The van der Waals surface area contributed by atoms with Gasteiger partial charge in [0.1, 0.15) is 23.1 Å². The lowest BCUT2D eigenvalue weighted by molar-refractivity contribution is 0.357. The number of benzene rings is 1. The van der Waals surface area contributed by atoms with Crippen molar-refractivity contribution in [3.8, 4) is 29.4 Å². The largest absolute Gasteiger partial charge is 0.493 e. The number of nitrogens with two attached hydrogens (primary N) is 1. The maximum Gasteiger partial charge on any atom is 0.183 e. The number of aromatic nitrogens is 3. The zero-order valence-corrected chi connectivity index (χ0v) is 16.8. The van der Waals surface area contributed by atoms with Gasteiger partial charge in [-0.15, -0.1) is 0 Å². The topological polar surface area (TPSA) is 111 Å². The maximum atomic E-state index is 14.7. The van der Waals surface area contributed by atoms with Crippen LogP contribution in [0.2, 0.25) is 0 Å². The Kier molecular flexibility index (Phi) is 5.32. The normalized spacial score (nSPS) is 15.4. The third-order valence-corrected chi connectivity index (χ3v) is 5.13. The molecule has 1 unspecified atom stereocenters. The second kappa shape index (κ2) is 8.09. The fourth-order valence-electron chi connectivity index (χ4n) is 3.59. The summed E-state index contributed by atoms with van der Waals surface area (Å²) < 4.78 is 40.9. The quantitative estimate of drug-likeness (QED) is 0.620. The number of ether oxygens (including phenoxy) is 2. The van der Waals surface area contributed by atoms with E-state index in [0.717, 1.165) is 19.0 Å². The molecule has 0 saturated carbocycles. The van der Waals surface area contributed by atoms with Crippen molar-refractivity contribution in [1.29, 1.82) is 5.26 Å². The van der Waals surface area contributed by atoms with Gasteiger partial charge in [-0.3, -0.25) is 4.68 Å². The molecular formula is C21H18F2N6O2. The van der Waals surface area contributed by atoms with Gasteiger partial charge in [-0.1, -0.05) is 5.92 Å². The van der Waals surface area contributed by atoms with Gasteiger partial charge in [-0.2, -0.15) is 10.4 Å². The van der Waals surface area contributed by atoms with Gasteiger partial charge in [0.05, 0.1) is 36.7 Å². The van der Waals surface area contributed by atoms with Crippen LogP contribution in [0.15, 0.2) is 12.3 Å². The molecule has 0 spiro atoms. The summed E-state index contributed by atoms with van der Waals surface area (Å²) in [6.07, 6.45) is 2.18. The number of hydrogen-bond acceptors (Lipinski definition) is 7. The first-order valence-corrected chi connectivity index (χ1v) is 9.39. The smallest absolute Gasteiger partial charge is 0.183 e. The first-order chi connectivity index (χ1) is 15.0. The minimum Gasteiger partial charge on any atom is -0.493 e. The zero-order chi connectivity index (χ0) is 22.1. The minimum atomic E-state index is -0.958. The molecule has 1 aliphatic heterocycles. The van der Waals surface area contributed by atoms with E-state index in [1.54, 1.807) is 4.68 Å². The van der Waals surface area contributed by atoms with Gasteiger partial charge in [0, 0.05) is 18.8 Å². The summed E-state index contributed by atoms with van der Waals surface area (Å²) in [5.41, 5.74) is 6.50. The Balaban J connectivity index is 1.95. The fourth-order valence-corrected chi connectivity index (χ4v) is 3.59. The molecule has 1 aliphatic rings. The van der Waals surface area contributed by atoms with Crippen LogP contribution in [0.3, 0.4) is 0 Å². The lowest BCUT2D eigenvalue weighted by Gasteiger charge is -2.11.